The van der Waals surface area contributed by atoms with Gasteiger partial charge in [-0.2, -0.15) is 0 Å². The number of ether oxygens (including phenoxy) is 1. The highest BCUT2D eigenvalue weighted by atomic mass is 16.5. The molecule has 10 nitrogen and oxygen atoms in total. The van der Waals surface area contributed by atoms with Gasteiger partial charge in [-0.15, -0.1) is 0 Å². The van der Waals surface area contributed by atoms with Gasteiger partial charge in [0.25, 0.3) is 5.91 Å². The van der Waals surface area contributed by atoms with Crippen molar-refractivity contribution in [3.05, 3.63) is 60.4 Å². The molecular formula is C32H34N8O2. The van der Waals surface area contributed by atoms with Crippen LogP contribution in [0.2, 0.25) is 0 Å². The SMILES string of the molecule is COc1cc(C(=O)N2CC3CCC2[C@@H]3N)cc2nc(-c3cc4ccc(Nc5ccncc5)nc4n3CC3CC3)n(C)c12. The quantitative estimate of drug-likeness (QED) is 0.295. The van der Waals surface area contributed by atoms with Crippen LogP contribution in [0.25, 0.3) is 33.6 Å². The molecule has 3 atom stereocenters. The van der Waals surface area contributed by atoms with E-state index in [1.54, 1.807) is 19.5 Å². The van der Waals surface area contributed by atoms with Crippen LogP contribution in [0.15, 0.2) is 54.9 Å². The highest BCUT2D eigenvalue weighted by Crippen LogP contribution is 2.40. The molecule has 10 heteroatoms. The average molecular weight is 563 g/mol. The number of likely N-dealkylation sites (tertiary alicyclic amines) is 1. The maximum atomic E-state index is 13.7. The second-order valence-corrected chi connectivity index (χ2v) is 12.0. The summed E-state index contributed by atoms with van der Waals surface area (Å²) in [4.78, 5) is 29.9. The fraction of sp³-hybridized carbons (Fsp3) is 0.375. The molecule has 5 aromatic rings. The molecule has 8 rings (SSSR count). The summed E-state index contributed by atoms with van der Waals surface area (Å²) in [6.45, 7) is 1.61. The van der Waals surface area contributed by atoms with E-state index in [-0.39, 0.29) is 18.0 Å². The third-order valence-corrected chi connectivity index (χ3v) is 9.38. The lowest BCUT2D eigenvalue weighted by molar-refractivity contribution is 0.0700. The lowest BCUT2D eigenvalue weighted by atomic mass is 10.1. The van der Waals surface area contributed by atoms with E-state index in [4.69, 9.17) is 20.4 Å². The van der Waals surface area contributed by atoms with Crippen LogP contribution >= 0.6 is 0 Å². The molecule has 1 saturated heterocycles. The summed E-state index contributed by atoms with van der Waals surface area (Å²) >= 11 is 0. The van der Waals surface area contributed by atoms with Crippen LogP contribution < -0.4 is 15.8 Å². The van der Waals surface area contributed by atoms with Crippen molar-refractivity contribution < 1.29 is 9.53 Å². The van der Waals surface area contributed by atoms with Gasteiger partial charge in [0, 0.05) is 61.3 Å². The number of aryl methyl sites for hydroxylation is 1. The number of aromatic nitrogens is 5. The van der Waals surface area contributed by atoms with E-state index >= 15 is 0 Å². The molecular weight excluding hydrogens is 528 g/mol. The van der Waals surface area contributed by atoms with Gasteiger partial charge in [0.2, 0.25) is 0 Å². The molecule has 0 spiro atoms. The molecule has 3 aliphatic rings. The fourth-order valence-corrected chi connectivity index (χ4v) is 6.98. The first-order valence-corrected chi connectivity index (χ1v) is 14.8. The maximum absolute atomic E-state index is 13.7. The zero-order valence-electron chi connectivity index (χ0n) is 23.8. The number of piperidine rings is 1. The standard InChI is InChI=1S/C32H34N8O2/c1-38-29-23(13-21(15-26(29)42-2)32(41)40-17-20-5-7-24(40)28(20)33)36-31(38)25-14-19-6-8-27(35-22-9-11-34-12-10-22)37-30(19)39(25)16-18-3-4-18/h6,8-15,18,20,24,28H,3-5,7,16-17,33H2,1-2H3,(H,34,35,37)/t20?,24?,28-/m1/s1. The van der Waals surface area contributed by atoms with Gasteiger partial charge in [-0.05, 0) is 80.0 Å². The van der Waals surface area contributed by atoms with Crippen LogP contribution in [0.3, 0.4) is 0 Å². The molecule has 42 heavy (non-hydrogen) atoms. The minimum absolute atomic E-state index is 0.00586. The molecule has 4 aromatic heterocycles. The zero-order chi connectivity index (χ0) is 28.5. The molecule has 1 aliphatic heterocycles. The highest BCUT2D eigenvalue weighted by molar-refractivity contribution is 6.00. The summed E-state index contributed by atoms with van der Waals surface area (Å²) in [6, 6.07) is 14.1. The Labute approximate surface area is 243 Å². The highest BCUT2D eigenvalue weighted by Gasteiger charge is 2.47. The van der Waals surface area contributed by atoms with Gasteiger partial charge in [-0.1, -0.05) is 0 Å². The first-order chi connectivity index (χ1) is 20.5. The normalized spacial score (nSPS) is 21.5. The van der Waals surface area contributed by atoms with E-state index in [0.717, 1.165) is 71.0 Å². The molecule has 2 aliphatic carbocycles. The Morgan fingerprint density at radius 2 is 1.90 bits per heavy atom. The summed E-state index contributed by atoms with van der Waals surface area (Å²) in [7, 11) is 3.66. The van der Waals surface area contributed by atoms with E-state index in [2.05, 4.69) is 31.6 Å². The Kier molecular flexibility index (Phi) is 5.75. The number of hydrogen-bond acceptors (Lipinski definition) is 7. The number of fused-ring (bicyclic) bond motifs is 4. The predicted octanol–water partition coefficient (Wildman–Crippen LogP) is 4.71. The second-order valence-electron chi connectivity index (χ2n) is 12.0. The summed E-state index contributed by atoms with van der Waals surface area (Å²) in [5.74, 6) is 3.27. The molecule has 2 bridgehead atoms. The van der Waals surface area contributed by atoms with Crippen molar-refractivity contribution in [3.63, 3.8) is 0 Å². The lowest BCUT2D eigenvalue weighted by Crippen LogP contribution is -2.41. The smallest absolute Gasteiger partial charge is 0.254 e. The lowest BCUT2D eigenvalue weighted by Gasteiger charge is -2.27. The van der Waals surface area contributed by atoms with Crippen molar-refractivity contribution in [2.45, 2.75) is 44.3 Å². The Hall–Kier alpha value is -4.44. The molecule has 1 amide bonds. The number of methoxy groups -OCH3 is 1. The molecule has 3 N–H and O–H groups in total. The number of anilines is 2. The van der Waals surface area contributed by atoms with Gasteiger partial charge >= 0.3 is 0 Å². The van der Waals surface area contributed by atoms with Crippen LogP contribution in [0, 0.1) is 11.8 Å². The van der Waals surface area contributed by atoms with E-state index in [0.29, 0.717) is 23.1 Å². The monoisotopic (exact) mass is 562 g/mol. The summed E-state index contributed by atoms with van der Waals surface area (Å²) in [6.07, 6.45) is 8.04. The van der Waals surface area contributed by atoms with Crippen molar-refractivity contribution >= 4 is 39.5 Å². The van der Waals surface area contributed by atoms with Gasteiger partial charge in [0.15, 0.2) is 5.82 Å². The van der Waals surface area contributed by atoms with Gasteiger partial charge < -0.3 is 29.8 Å². The third-order valence-electron chi connectivity index (χ3n) is 9.38. The summed E-state index contributed by atoms with van der Waals surface area (Å²) < 4.78 is 10.2. The van der Waals surface area contributed by atoms with E-state index in [9.17, 15) is 4.79 Å². The zero-order valence-corrected chi connectivity index (χ0v) is 23.8. The number of carbonyl (C=O) groups is 1. The van der Waals surface area contributed by atoms with E-state index in [1.165, 1.54) is 12.8 Å². The Bertz CT molecular complexity index is 1840. The summed E-state index contributed by atoms with van der Waals surface area (Å²) in [5, 5.41) is 4.45. The molecule has 2 saturated carbocycles. The van der Waals surface area contributed by atoms with Crippen molar-refractivity contribution in [3.8, 4) is 17.3 Å². The number of benzene rings is 1. The van der Waals surface area contributed by atoms with Crippen molar-refractivity contribution in [1.29, 1.82) is 0 Å². The number of pyridine rings is 2. The fourth-order valence-electron chi connectivity index (χ4n) is 6.98. The Balaban J connectivity index is 1.21. The molecule has 5 heterocycles. The van der Waals surface area contributed by atoms with E-state index < -0.39 is 0 Å². The first kappa shape index (κ1) is 25.3. The van der Waals surface area contributed by atoms with Gasteiger partial charge in [-0.3, -0.25) is 9.78 Å². The number of imidazole rings is 1. The molecule has 1 aromatic carbocycles. The average Bonchev–Trinajstić information content (AvgIpc) is 3.42. The van der Waals surface area contributed by atoms with Crippen LogP contribution in [-0.4, -0.2) is 60.6 Å². The Morgan fingerprint density at radius 3 is 2.62 bits per heavy atom. The van der Waals surface area contributed by atoms with Crippen LogP contribution in [-0.2, 0) is 13.6 Å². The van der Waals surface area contributed by atoms with Crippen molar-refractivity contribution in [2.75, 3.05) is 19.0 Å². The number of nitrogens with one attached hydrogen (secondary N) is 1. The number of hydrogen-bond donors (Lipinski definition) is 2. The van der Waals surface area contributed by atoms with E-state index in [1.807, 2.05) is 42.3 Å². The minimum Gasteiger partial charge on any atom is -0.494 e. The second kappa shape index (κ2) is 9.55. The van der Waals surface area contributed by atoms with Gasteiger partial charge in [0.05, 0.1) is 18.3 Å². The van der Waals surface area contributed by atoms with Gasteiger partial charge in [0.1, 0.15) is 22.7 Å². The number of nitrogens with zero attached hydrogens (tertiary/aromatic N) is 6. The first-order valence-electron chi connectivity index (χ1n) is 14.8. The topological polar surface area (TPSA) is 116 Å². The number of nitrogens with two attached hydrogens (primary N) is 1. The molecule has 214 valence electrons. The van der Waals surface area contributed by atoms with Crippen molar-refractivity contribution in [2.24, 2.45) is 24.6 Å². The van der Waals surface area contributed by atoms with Crippen LogP contribution in [0.1, 0.15) is 36.0 Å². The number of amides is 1. The number of carbonyl (C=O) groups excluding carboxylic acids is 1. The maximum Gasteiger partial charge on any atom is 0.254 e. The number of rotatable bonds is 7. The minimum atomic E-state index is 0.00586. The van der Waals surface area contributed by atoms with Crippen molar-refractivity contribution in [1.82, 2.24) is 29.0 Å². The Morgan fingerprint density at radius 1 is 1.07 bits per heavy atom. The van der Waals surface area contributed by atoms with Crippen LogP contribution in [0.4, 0.5) is 11.5 Å². The molecule has 3 fully saturated rings. The molecule has 2 unspecified atom stereocenters. The third kappa shape index (κ3) is 4.04. The van der Waals surface area contributed by atoms with Gasteiger partial charge in [-0.25, -0.2) is 9.97 Å². The molecule has 0 radical (unpaired) electrons. The largest absolute Gasteiger partial charge is 0.494 e. The van der Waals surface area contributed by atoms with Crippen LogP contribution in [0.5, 0.6) is 5.75 Å². The predicted molar refractivity (Wildman–Crippen MR) is 162 cm³/mol. The summed E-state index contributed by atoms with van der Waals surface area (Å²) in [5.41, 5.74) is 11.5.